The summed E-state index contributed by atoms with van der Waals surface area (Å²) in [6.45, 7) is 2.29. The number of hydrogen-bond acceptors (Lipinski definition) is 6. The van der Waals surface area contributed by atoms with Crippen LogP contribution in [0.25, 0.3) is 0 Å². The SMILES string of the molecule is CCOc1c(Cl)cc(/C=N\NC(=O)[C@@H]2CCS(=O)(=O)C2)cc1OC. The van der Waals surface area contributed by atoms with Crippen LogP contribution in [-0.4, -0.2) is 45.8 Å². The second kappa shape index (κ2) is 7.85. The van der Waals surface area contributed by atoms with Crippen molar-refractivity contribution in [3.05, 3.63) is 22.7 Å². The van der Waals surface area contributed by atoms with E-state index in [2.05, 4.69) is 10.5 Å². The lowest BCUT2D eigenvalue weighted by atomic mass is 10.1. The van der Waals surface area contributed by atoms with Crippen LogP contribution in [0, 0.1) is 5.92 Å². The molecular formula is C15H19ClN2O5S. The van der Waals surface area contributed by atoms with Gasteiger partial charge in [-0.05, 0) is 31.0 Å². The highest BCUT2D eigenvalue weighted by molar-refractivity contribution is 7.91. The molecule has 0 aromatic heterocycles. The number of nitrogens with zero attached hydrogens (tertiary/aromatic N) is 1. The molecule has 0 bridgehead atoms. The number of sulfone groups is 1. The summed E-state index contributed by atoms with van der Waals surface area (Å²) in [6, 6.07) is 3.30. The van der Waals surface area contributed by atoms with E-state index in [0.29, 0.717) is 35.1 Å². The first-order valence-electron chi connectivity index (χ1n) is 7.40. The van der Waals surface area contributed by atoms with Crippen molar-refractivity contribution in [1.29, 1.82) is 0 Å². The Morgan fingerprint density at radius 2 is 2.25 bits per heavy atom. The Balaban J connectivity index is 2.04. The van der Waals surface area contributed by atoms with Crippen LogP contribution in [0.1, 0.15) is 18.9 Å². The molecule has 0 saturated carbocycles. The molecule has 0 unspecified atom stereocenters. The van der Waals surface area contributed by atoms with Crippen molar-refractivity contribution >= 4 is 33.6 Å². The molecule has 0 aliphatic carbocycles. The first kappa shape index (κ1) is 18.5. The first-order chi connectivity index (χ1) is 11.4. The molecule has 1 fully saturated rings. The number of rotatable bonds is 6. The van der Waals surface area contributed by atoms with Gasteiger partial charge in [0, 0.05) is 0 Å². The number of hydrogen-bond donors (Lipinski definition) is 1. The molecular weight excluding hydrogens is 356 g/mol. The molecule has 9 heteroatoms. The predicted molar refractivity (Wildman–Crippen MR) is 91.7 cm³/mol. The number of carbonyl (C=O) groups excluding carboxylic acids is 1. The summed E-state index contributed by atoms with van der Waals surface area (Å²) in [5.74, 6) is -0.141. The fourth-order valence-corrected chi connectivity index (χ4v) is 4.38. The minimum absolute atomic E-state index is 0.0422. The zero-order valence-corrected chi connectivity index (χ0v) is 15.0. The van der Waals surface area contributed by atoms with Crippen molar-refractivity contribution in [2.24, 2.45) is 11.0 Å². The Bertz CT molecular complexity index is 748. The fraction of sp³-hybridized carbons (Fsp3) is 0.467. The van der Waals surface area contributed by atoms with Gasteiger partial charge in [-0.15, -0.1) is 0 Å². The number of ether oxygens (including phenoxy) is 2. The van der Waals surface area contributed by atoms with Gasteiger partial charge in [-0.3, -0.25) is 4.79 Å². The zero-order valence-electron chi connectivity index (χ0n) is 13.4. The van der Waals surface area contributed by atoms with Gasteiger partial charge in [0.1, 0.15) is 0 Å². The topological polar surface area (TPSA) is 94.1 Å². The van der Waals surface area contributed by atoms with E-state index in [4.69, 9.17) is 21.1 Å². The lowest BCUT2D eigenvalue weighted by molar-refractivity contribution is -0.124. The molecule has 1 aromatic rings. The van der Waals surface area contributed by atoms with Gasteiger partial charge < -0.3 is 9.47 Å². The van der Waals surface area contributed by atoms with Crippen LogP contribution in [0.15, 0.2) is 17.2 Å². The van der Waals surface area contributed by atoms with E-state index >= 15 is 0 Å². The minimum Gasteiger partial charge on any atom is -0.493 e. The second-order valence-corrected chi connectivity index (χ2v) is 7.94. The van der Waals surface area contributed by atoms with Gasteiger partial charge in [0.15, 0.2) is 21.3 Å². The lowest BCUT2D eigenvalue weighted by Gasteiger charge is -2.11. The number of hydrazone groups is 1. The van der Waals surface area contributed by atoms with Crippen LogP contribution in [0.5, 0.6) is 11.5 Å². The van der Waals surface area contributed by atoms with Crippen LogP contribution in [0.4, 0.5) is 0 Å². The van der Waals surface area contributed by atoms with Crippen LogP contribution in [0.2, 0.25) is 5.02 Å². The van der Waals surface area contributed by atoms with E-state index in [0.717, 1.165) is 0 Å². The molecule has 1 heterocycles. The Hall–Kier alpha value is -1.80. The third-order valence-electron chi connectivity index (χ3n) is 3.53. The smallest absolute Gasteiger partial charge is 0.244 e. The summed E-state index contributed by atoms with van der Waals surface area (Å²) >= 11 is 6.15. The fourth-order valence-electron chi connectivity index (χ4n) is 2.36. The van der Waals surface area contributed by atoms with E-state index in [1.807, 2.05) is 6.92 Å². The van der Waals surface area contributed by atoms with Crippen molar-refractivity contribution in [2.75, 3.05) is 25.2 Å². The summed E-state index contributed by atoms with van der Waals surface area (Å²) in [7, 11) is -1.61. The van der Waals surface area contributed by atoms with Crippen LogP contribution in [-0.2, 0) is 14.6 Å². The van der Waals surface area contributed by atoms with Gasteiger partial charge in [0.05, 0.1) is 42.4 Å². The van der Waals surface area contributed by atoms with Gasteiger partial charge in [-0.1, -0.05) is 11.6 Å². The Morgan fingerprint density at radius 1 is 1.50 bits per heavy atom. The molecule has 1 amide bonds. The van der Waals surface area contributed by atoms with Gasteiger partial charge >= 0.3 is 0 Å². The summed E-state index contributed by atoms with van der Waals surface area (Å²) in [4.78, 5) is 11.9. The number of halogens is 1. The number of methoxy groups -OCH3 is 1. The summed E-state index contributed by atoms with van der Waals surface area (Å²) in [5, 5.41) is 4.22. The van der Waals surface area contributed by atoms with Crippen LogP contribution < -0.4 is 14.9 Å². The molecule has 1 aliphatic heterocycles. The van der Waals surface area contributed by atoms with E-state index in [1.54, 1.807) is 12.1 Å². The number of carbonyl (C=O) groups is 1. The summed E-state index contributed by atoms with van der Waals surface area (Å²) in [6.07, 6.45) is 1.73. The number of nitrogens with one attached hydrogen (secondary N) is 1. The van der Waals surface area contributed by atoms with Crippen LogP contribution >= 0.6 is 11.6 Å². The highest BCUT2D eigenvalue weighted by atomic mass is 35.5. The van der Waals surface area contributed by atoms with E-state index in [-0.39, 0.29) is 11.5 Å². The van der Waals surface area contributed by atoms with Crippen molar-refractivity contribution in [2.45, 2.75) is 13.3 Å². The van der Waals surface area contributed by atoms with Gasteiger partial charge in [-0.2, -0.15) is 5.10 Å². The van der Waals surface area contributed by atoms with Gasteiger partial charge in [0.25, 0.3) is 0 Å². The van der Waals surface area contributed by atoms with Gasteiger partial charge in [0.2, 0.25) is 5.91 Å². The van der Waals surface area contributed by atoms with Crippen molar-refractivity contribution in [3.63, 3.8) is 0 Å². The van der Waals surface area contributed by atoms with Crippen LogP contribution in [0.3, 0.4) is 0 Å². The quantitative estimate of drug-likeness (QED) is 0.603. The highest BCUT2D eigenvalue weighted by Crippen LogP contribution is 2.35. The molecule has 2 rings (SSSR count). The van der Waals surface area contributed by atoms with E-state index in [9.17, 15) is 13.2 Å². The summed E-state index contributed by atoms with van der Waals surface area (Å²) < 4.78 is 33.4. The lowest BCUT2D eigenvalue weighted by Crippen LogP contribution is -2.27. The maximum Gasteiger partial charge on any atom is 0.244 e. The third kappa shape index (κ3) is 4.61. The largest absolute Gasteiger partial charge is 0.493 e. The molecule has 1 saturated heterocycles. The monoisotopic (exact) mass is 374 g/mol. The standard InChI is InChI=1S/C15H19ClN2O5S/c1-3-23-14-12(16)6-10(7-13(14)22-2)8-17-18-15(19)11-4-5-24(20,21)9-11/h6-8,11H,3-5,9H2,1-2H3,(H,18,19)/b17-8-/t11-/m1/s1. The Morgan fingerprint density at radius 3 is 2.83 bits per heavy atom. The molecule has 0 radical (unpaired) electrons. The second-order valence-electron chi connectivity index (χ2n) is 5.30. The van der Waals surface area contributed by atoms with E-state index in [1.165, 1.54) is 13.3 Å². The number of amides is 1. The summed E-state index contributed by atoms with van der Waals surface area (Å²) in [5.41, 5.74) is 2.97. The first-order valence-corrected chi connectivity index (χ1v) is 9.60. The zero-order chi connectivity index (χ0) is 17.7. The third-order valence-corrected chi connectivity index (χ3v) is 5.58. The molecule has 132 valence electrons. The Kier molecular flexibility index (Phi) is 6.06. The molecule has 1 aliphatic rings. The van der Waals surface area contributed by atoms with Gasteiger partial charge in [-0.25, -0.2) is 13.8 Å². The molecule has 1 aromatic carbocycles. The van der Waals surface area contributed by atoms with Crippen molar-refractivity contribution in [1.82, 2.24) is 5.43 Å². The average Bonchev–Trinajstić information content (AvgIpc) is 2.89. The van der Waals surface area contributed by atoms with Crippen molar-refractivity contribution in [3.8, 4) is 11.5 Å². The highest BCUT2D eigenvalue weighted by Gasteiger charge is 2.32. The molecule has 0 spiro atoms. The maximum atomic E-state index is 11.9. The Labute approximate surface area is 145 Å². The molecule has 1 atom stereocenters. The molecule has 24 heavy (non-hydrogen) atoms. The van der Waals surface area contributed by atoms with Crippen molar-refractivity contribution < 1.29 is 22.7 Å². The van der Waals surface area contributed by atoms with E-state index < -0.39 is 21.7 Å². The molecule has 1 N–H and O–H groups in total. The number of benzene rings is 1. The molecule has 7 nitrogen and oxygen atoms in total. The predicted octanol–water partition coefficient (Wildman–Crippen LogP) is 1.63. The minimum atomic E-state index is -3.10. The normalized spacial score (nSPS) is 19.4. The maximum absolute atomic E-state index is 11.9. The average molecular weight is 375 g/mol.